The van der Waals surface area contributed by atoms with E-state index in [1.54, 1.807) is 0 Å². The third-order valence-corrected chi connectivity index (χ3v) is 1.98. The Labute approximate surface area is 74.5 Å². The van der Waals surface area contributed by atoms with Gasteiger partial charge in [-0.1, -0.05) is 0 Å². The minimum Gasteiger partial charge on any atom is -0.494 e. The first-order valence-corrected chi connectivity index (χ1v) is 3.87. The van der Waals surface area contributed by atoms with Crippen LogP contribution in [-0.4, -0.2) is 13.0 Å². The van der Waals surface area contributed by atoms with E-state index in [2.05, 4.69) is 5.32 Å². The zero-order chi connectivity index (χ0) is 9.42. The van der Waals surface area contributed by atoms with Crippen LogP contribution in [0, 0.1) is 5.82 Å². The first kappa shape index (κ1) is 8.04. The molecule has 0 radical (unpaired) electrons. The number of hydrogen-bond acceptors (Lipinski definition) is 2. The van der Waals surface area contributed by atoms with Crippen molar-refractivity contribution in [2.24, 2.45) is 0 Å². The van der Waals surface area contributed by atoms with Gasteiger partial charge in [-0.3, -0.25) is 4.79 Å². The summed E-state index contributed by atoms with van der Waals surface area (Å²) in [5, 5.41) is 2.61. The molecule has 1 aromatic carbocycles. The lowest BCUT2D eigenvalue weighted by atomic mass is 10.1. The van der Waals surface area contributed by atoms with Crippen molar-refractivity contribution in [3.63, 3.8) is 0 Å². The van der Waals surface area contributed by atoms with Gasteiger partial charge in [0.15, 0.2) is 0 Å². The zero-order valence-corrected chi connectivity index (χ0v) is 7.06. The van der Waals surface area contributed by atoms with Crippen LogP contribution in [0.15, 0.2) is 12.1 Å². The molecule has 0 saturated carbocycles. The Kier molecular flexibility index (Phi) is 1.69. The highest BCUT2D eigenvalue weighted by Crippen LogP contribution is 2.33. The quantitative estimate of drug-likeness (QED) is 0.709. The summed E-state index contributed by atoms with van der Waals surface area (Å²) < 4.78 is 17.8. The summed E-state index contributed by atoms with van der Waals surface area (Å²) in [7, 11) is 1.44. The Balaban J connectivity index is 2.56. The number of benzene rings is 1. The number of rotatable bonds is 1. The molecule has 1 amide bonds. The summed E-state index contributed by atoms with van der Waals surface area (Å²) in [5.74, 6) is -0.133. The SMILES string of the molecule is COc1cc(F)cc2c1NC(=O)C2. The molecule has 3 nitrogen and oxygen atoms in total. The van der Waals surface area contributed by atoms with Crippen molar-refractivity contribution < 1.29 is 13.9 Å². The van der Waals surface area contributed by atoms with E-state index >= 15 is 0 Å². The molecule has 0 unspecified atom stereocenters. The number of amides is 1. The lowest BCUT2D eigenvalue weighted by Gasteiger charge is -2.06. The maximum absolute atomic E-state index is 12.9. The maximum atomic E-state index is 12.9. The van der Waals surface area contributed by atoms with Gasteiger partial charge in [0.2, 0.25) is 5.91 Å². The van der Waals surface area contributed by atoms with Gasteiger partial charge >= 0.3 is 0 Å². The van der Waals surface area contributed by atoms with Gasteiger partial charge in [-0.2, -0.15) is 0 Å². The second-order valence-corrected chi connectivity index (χ2v) is 2.87. The van der Waals surface area contributed by atoms with Crippen molar-refractivity contribution in [3.8, 4) is 5.75 Å². The molecule has 0 fully saturated rings. The predicted molar refractivity (Wildman–Crippen MR) is 45.3 cm³/mol. The van der Waals surface area contributed by atoms with Crippen LogP contribution in [0.2, 0.25) is 0 Å². The number of ether oxygens (including phenoxy) is 1. The van der Waals surface area contributed by atoms with Crippen LogP contribution in [0.1, 0.15) is 5.56 Å². The van der Waals surface area contributed by atoms with E-state index in [9.17, 15) is 9.18 Å². The van der Waals surface area contributed by atoms with Crippen LogP contribution in [-0.2, 0) is 11.2 Å². The van der Waals surface area contributed by atoms with Crippen molar-refractivity contribution in [3.05, 3.63) is 23.5 Å². The number of halogens is 1. The molecule has 0 atom stereocenters. The molecule has 0 aromatic heterocycles. The van der Waals surface area contributed by atoms with Gasteiger partial charge < -0.3 is 10.1 Å². The fourth-order valence-electron chi connectivity index (χ4n) is 1.43. The van der Waals surface area contributed by atoms with Gasteiger partial charge in [-0.25, -0.2) is 4.39 Å². The fourth-order valence-corrected chi connectivity index (χ4v) is 1.43. The van der Waals surface area contributed by atoms with E-state index in [1.807, 2.05) is 0 Å². The molecule has 13 heavy (non-hydrogen) atoms. The maximum Gasteiger partial charge on any atom is 0.228 e. The van der Waals surface area contributed by atoms with E-state index < -0.39 is 0 Å². The Morgan fingerprint density at radius 2 is 2.31 bits per heavy atom. The first-order chi connectivity index (χ1) is 6.20. The van der Waals surface area contributed by atoms with Gasteiger partial charge in [0, 0.05) is 6.07 Å². The number of carbonyl (C=O) groups is 1. The Bertz CT molecular complexity index is 376. The molecule has 0 aliphatic carbocycles. The summed E-state index contributed by atoms with van der Waals surface area (Å²) >= 11 is 0. The standard InChI is InChI=1S/C9H8FNO2/c1-13-7-4-6(10)2-5-3-8(12)11-9(5)7/h2,4H,3H2,1H3,(H,11,12). The first-order valence-electron chi connectivity index (χ1n) is 3.87. The molecule has 4 heteroatoms. The molecule has 68 valence electrons. The van der Waals surface area contributed by atoms with Crippen molar-refractivity contribution in [2.75, 3.05) is 12.4 Å². The number of anilines is 1. The second kappa shape index (κ2) is 2.73. The van der Waals surface area contributed by atoms with Gasteiger partial charge in [-0.05, 0) is 11.6 Å². The summed E-state index contributed by atoms with van der Waals surface area (Å²) in [6, 6.07) is 2.60. The van der Waals surface area contributed by atoms with Gasteiger partial charge in [0.25, 0.3) is 0 Å². The lowest BCUT2D eigenvalue weighted by molar-refractivity contribution is -0.115. The molecule has 2 rings (SSSR count). The van der Waals surface area contributed by atoms with E-state index in [0.717, 1.165) is 0 Å². The molecule has 0 spiro atoms. The summed E-state index contributed by atoms with van der Waals surface area (Å²) in [6.45, 7) is 0. The van der Waals surface area contributed by atoms with Crippen molar-refractivity contribution >= 4 is 11.6 Å². The lowest BCUT2D eigenvalue weighted by Crippen LogP contribution is -2.04. The van der Waals surface area contributed by atoms with E-state index in [4.69, 9.17) is 4.74 Å². The van der Waals surface area contributed by atoms with Crippen LogP contribution < -0.4 is 10.1 Å². The average Bonchev–Trinajstić information content (AvgIpc) is 2.43. The third-order valence-electron chi connectivity index (χ3n) is 1.98. The predicted octanol–water partition coefficient (Wildman–Crippen LogP) is 1.33. The smallest absolute Gasteiger partial charge is 0.228 e. The summed E-state index contributed by atoms with van der Waals surface area (Å²) in [4.78, 5) is 11.0. The van der Waals surface area contributed by atoms with Crippen molar-refractivity contribution in [2.45, 2.75) is 6.42 Å². The number of carbonyl (C=O) groups excluding carboxylic acids is 1. The van der Waals surface area contributed by atoms with Crippen molar-refractivity contribution in [1.82, 2.24) is 0 Å². The third kappa shape index (κ3) is 1.24. The largest absolute Gasteiger partial charge is 0.494 e. The fraction of sp³-hybridized carbons (Fsp3) is 0.222. The molecule has 1 aliphatic heterocycles. The molecule has 1 aromatic rings. The van der Waals surface area contributed by atoms with E-state index in [-0.39, 0.29) is 18.1 Å². The Morgan fingerprint density at radius 1 is 1.54 bits per heavy atom. The van der Waals surface area contributed by atoms with Crippen molar-refractivity contribution in [1.29, 1.82) is 0 Å². The zero-order valence-electron chi connectivity index (χ0n) is 7.06. The number of nitrogens with one attached hydrogen (secondary N) is 1. The summed E-state index contributed by atoms with van der Waals surface area (Å²) in [5.41, 5.74) is 1.25. The number of methoxy groups -OCH3 is 1. The minimum absolute atomic E-state index is 0.126. The molecule has 1 aliphatic rings. The second-order valence-electron chi connectivity index (χ2n) is 2.87. The Hall–Kier alpha value is -1.58. The molecular weight excluding hydrogens is 173 g/mol. The monoisotopic (exact) mass is 181 g/mol. The number of hydrogen-bond donors (Lipinski definition) is 1. The summed E-state index contributed by atoms with van der Waals surface area (Å²) in [6.07, 6.45) is 0.226. The average molecular weight is 181 g/mol. The minimum atomic E-state index is -0.382. The Morgan fingerprint density at radius 3 is 3.00 bits per heavy atom. The molecule has 0 bridgehead atoms. The van der Waals surface area contributed by atoms with Crippen LogP contribution in [0.25, 0.3) is 0 Å². The van der Waals surface area contributed by atoms with E-state index in [0.29, 0.717) is 17.0 Å². The van der Waals surface area contributed by atoms with Gasteiger partial charge in [-0.15, -0.1) is 0 Å². The van der Waals surface area contributed by atoms with Gasteiger partial charge in [0.05, 0.1) is 19.2 Å². The molecule has 0 saturated heterocycles. The van der Waals surface area contributed by atoms with Gasteiger partial charge in [0.1, 0.15) is 11.6 Å². The van der Waals surface area contributed by atoms with E-state index in [1.165, 1.54) is 19.2 Å². The molecule has 1 N–H and O–H groups in total. The van der Waals surface area contributed by atoms with Crippen LogP contribution in [0.5, 0.6) is 5.75 Å². The van der Waals surface area contributed by atoms with Crippen LogP contribution in [0.4, 0.5) is 10.1 Å². The highest BCUT2D eigenvalue weighted by Gasteiger charge is 2.22. The van der Waals surface area contributed by atoms with Crippen LogP contribution in [0.3, 0.4) is 0 Å². The highest BCUT2D eigenvalue weighted by molar-refractivity contribution is 6.00. The molecule has 1 heterocycles. The number of fused-ring (bicyclic) bond motifs is 1. The normalized spacial score (nSPS) is 13.8. The highest BCUT2D eigenvalue weighted by atomic mass is 19.1. The topological polar surface area (TPSA) is 38.3 Å². The van der Waals surface area contributed by atoms with Crippen LogP contribution >= 0.6 is 0 Å². The molecular formula is C9H8FNO2.